The first-order valence-electron chi connectivity index (χ1n) is 8.14. The van der Waals surface area contributed by atoms with E-state index in [0.29, 0.717) is 30.3 Å². The maximum absolute atomic E-state index is 12.5. The topological polar surface area (TPSA) is 94.7 Å². The van der Waals surface area contributed by atoms with Gasteiger partial charge in [-0.1, -0.05) is 6.07 Å². The predicted octanol–water partition coefficient (Wildman–Crippen LogP) is 2.24. The van der Waals surface area contributed by atoms with Crippen LogP contribution in [0.15, 0.2) is 40.6 Å². The fraction of sp³-hybridized carbons (Fsp3) is 0.294. The van der Waals surface area contributed by atoms with E-state index in [1.54, 1.807) is 28.5 Å². The Labute approximate surface area is 147 Å². The van der Waals surface area contributed by atoms with Crippen molar-refractivity contribution < 1.29 is 4.79 Å². The van der Waals surface area contributed by atoms with E-state index >= 15 is 0 Å². The van der Waals surface area contributed by atoms with Crippen LogP contribution in [0.2, 0.25) is 0 Å². The summed E-state index contributed by atoms with van der Waals surface area (Å²) in [6, 6.07) is 7.08. The Kier molecular flexibility index (Phi) is 4.19. The summed E-state index contributed by atoms with van der Waals surface area (Å²) in [5, 5.41) is 8.51. The van der Waals surface area contributed by atoms with Gasteiger partial charge in [0.2, 0.25) is 0 Å². The molecule has 1 unspecified atom stereocenters. The molecule has 1 aliphatic heterocycles. The number of carbonyl (C=O) groups excluding carboxylic acids is 1. The van der Waals surface area contributed by atoms with Crippen molar-refractivity contribution in [3.05, 3.63) is 57.7 Å². The third kappa shape index (κ3) is 3.25. The molecule has 1 aliphatic rings. The van der Waals surface area contributed by atoms with Gasteiger partial charge in [0.1, 0.15) is 11.5 Å². The standard InChI is InChI=1S/C17H17N5O2S/c23-15-9-13(14-4-2-8-25-14)19-16(20-15)11-3-1-7-22(10-11)17(24)12-5-6-18-21-12/h2,4-6,8-9,11H,1,3,7,10H2,(H,18,21)(H,19,20,23). The molecule has 8 heteroatoms. The largest absolute Gasteiger partial charge is 0.337 e. The molecule has 1 saturated heterocycles. The molecule has 4 rings (SSSR count). The van der Waals surface area contributed by atoms with Crippen LogP contribution in [-0.2, 0) is 0 Å². The first-order chi connectivity index (χ1) is 12.2. The molecule has 2 N–H and O–H groups in total. The van der Waals surface area contributed by atoms with Gasteiger partial charge >= 0.3 is 0 Å². The number of carbonyl (C=O) groups is 1. The fourth-order valence-corrected chi connectivity index (χ4v) is 3.84. The van der Waals surface area contributed by atoms with Crippen LogP contribution < -0.4 is 5.56 Å². The second-order valence-electron chi connectivity index (χ2n) is 6.05. The van der Waals surface area contributed by atoms with E-state index < -0.39 is 0 Å². The smallest absolute Gasteiger partial charge is 0.271 e. The van der Waals surface area contributed by atoms with Crippen molar-refractivity contribution in [1.29, 1.82) is 0 Å². The number of rotatable bonds is 3. The van der Waals surface area contributed by atoms with E-state index in [4.69, 9.17) is 0 Å². The van der Waals surface area contributed by atoms with E-state index in [1.807, 2.05) is 17.5 Å². The first kappa shape index (κ1) is 15.8. The third-order valence-corrected chi connectivity index (χ3v) is 5.25. The minimum atomic E-state index is -0.162. The number of amides is 1. The van der Waals surface area contributed by atoms with Crippen LogP contribution in [0.1, 0.15) is 35.1 Å². The normalized spacial score (nSPS) is 17.6. The Bertz CT molecular complexity index is 917. The molecule has 0 spiro atoms. The lowest BCUT2D eigenvalue weighted by molar-refractivity contribution is 0.0698. The van der Waals surface area contributed by atoms with Crippen LogP contribution in [0.5, 0.6) is 0 Å². The molecule has 4 heterocycles. The van der Waals surface area contributed by atoms with Crippen molar-refractivity contribution in [3.63, 3.8) is 0 Å². The average molecular weight is 355 g/mol. The van der Waals surface area contributed by atoms with Gasteiger partial charge < -0.3 is 9.88 Å². The number of H-pyrrole nitrogens is 2. The minimum absolute atomic E-state index is 0.0215. The molecule has 128 valence electrons. The monoisotopic (exact) mass is 355 g/mol. The molecule has 3 aromatic heterocycles. The molecule has 0 aliphatic carbocycles. The van der Waals surface area contributed by atoms with Crippen LogP contribution >= 0.6 is 11.3 Å². The zero-order valence-corrected chi connectivity index (χ0v) is 14.3. The number of piperidine rings is 1. The quantitative estimate of drug-likeness (QED) is 0.753. The maximum atomic E-state index is 12.5. The third-order valence-electron chi connectivity index (χ3n) is 4.36. The van der Waals surface area contributed by atoms with Crippen molar-refractivity contribution in [3.8, 4) is 10.6 Å². The number of hydrogen-bond donors (Lipinski definition) is 2. The van der Waals surface area contributed by atoms with Gasteiger partial charge in [-0.25, -0.2) is 4.98 Å². The van der Waals surface area contributed by atoms with Crippen LogP contribution in [0.25, 0.3) is 10.6 Å². The summed E-state index contributed by atoms with van der Waals surface area (Å²) in [4.78, 5) is 34.9. The second-order valence-corrected chi connectivity index (χ2v) is 7.00. The molecular weight excluding hydrogens is 338 g/mol. The highest BCUT2D eigenvalue weighted by Crippen LogP contribution is 2.27. The second kappa shape index (κ2) is 6.64. The summed E-state index contributed by atoms with van der Waals surface area (Å²) >= 11 is 1.55. The maximum Gasteiger partial charge on any atom is 0.271 e. The van der Waals surface area contributed by atoms with Crippen molar-refractivity contribution in [1.82, 2.24) is 25.1 Å². The highest BCUT2D eigenvalue weighted by atomic mass is 32.1. The molecular formula is C17H17N5O2S. The summed E-state index contributed by atoms with van der Waals surface area (Å²) in [6.07, 6.45) is 3.33. The van der Waals surface area contributed by atoms with Gasteiger partial charge in [0, 0.05) is 31.3 Å². The first-order valence-corrected chi connectivity index (χ1v) is 9.02. The SMILES string of the molecule is O=C(c1ccn[nH]1)N1CCCC(c2nc(-c3cccs3)cc(=O)[nH]2)C1. The molecule has 3 aromatic rings. The molecule has 0 saturated carbocycles. The van der Waals surface area contributed by atoms with E-state index in [0.717, 1.165) is 17.7 Å². The number of hydrogen-bond acceptors (Lipinski definition) is 5. The summed E-state index contributed by atoms with van der Waals surface area (Å²) in [6.45, 7) is 1.23. The van der Waals surface area contributed by atoms with Crippen molar-refractivity contribution in [2.45, 2.75) is 18.8 Å². The number of aromatic nitrogens is 4. The Morgan fingerprint density at radius 3 is 3.04 bits per heavy atom. The van der Waals surface area contributed by atoms with Gasteiger partial charge in [0.25, 0.3) is 11.5 Å². The number of nitrogens with zero attached hydrogens (tertiary/aromatic N) is 3. The molecule has 1 atom stereocenters. The van der Waals surface area contributed by atoms with Crippen LogP contribution in [0.3, 0.4) is 0 Å². The molecule has 0 bridgehead atoms. The Morgan fingerprint density at radius 1 is 1.36 bits per heavy atom. The molecule has 1 amide bonds. The summed E-state index contributed by atoms with van der Waals surface area (Å²) in [5.74, 6) is 0.602. The predicted molar refractivity (Wildman–Crippen MR) is 94.6 cm³/mol. The van der Waals surface area contributed by atoms with E-state index in [9.17, 15) is 9.59 Å². The van der Waals surface area contributed by atoms with E-state index in [2.05, 4.69) is 20.2 Å². The Morgan fingerprint density at radius 2 is 2.28 bits per heavy atom. The van der Waals surface area contributed by atoms with Gasteiger partial charge in [-0.15, -0.1) is 11.3 Å². The number of aromatic amines is 2. The van der Waals surface area contributed by atoms with E-state index in [1.165, 1.54) is 6.07 Å². The van der Waals surface area contributed by atoms with Gasteiger partial charge in [-0.05, 0) is 30.4 Å². The highest BCUT2D eigenvalue weighted by molar-refractivity contribution is 7.13. The van der Waals surface area contributed by atoms with Crippen molar-refractivity contribution in [2.24, 2.45) is 0 Å². The summed E-state index contributed by atoms with van der Waals surface area (Å²) < 4.78 is 0. The van der Waals surface area contributed by atoms with Gasteiger partial charge in [-0.2, -0.15) is 5.10 Å². The fourth-order valence-electron chi connectivity index (χ4n) is 3.15. The molecule has 0 aromatic carbocycles. The van der Waals surface area contributed by atoms with Crippen molar-refractivity contribution in [2.75, 3.05) is 13.1 Å². The minimum Gasteiger partial charge on any atom is -0.337 e. The van der Waals surface area contributed by atoms with Crippen LogP contribution in [0, 0.1) is 0 Å². The zero-order valence-electron chi connectivity index (χ0n) is 13.4. The Balaban J connectivity index is 1.59. The lowest BCUT2D eigenvalue weighted by Crippen LogP contribution is -2.40. The van der Waals surface area contributed by atoms with Crippen molar-refractivity contribution >= 4 is 17.2 Å². The lowest BCUT2D eigenvalue weighted by Gasteiger charge is -2.32. The van der Waals surface area contributed by atoms with Gasteiger partial charge in [0.15, 0.2) is 0 Å². The molecule has 25 heavy (non-hydrogen) atoms. The highest BCUT2D eigenvalue weighted by Gasteiger charge is 2.27. The van der Waals surface area contributed by atoms with Gasteiger partial charge in [0.05, 0.1) is 10.6 Å². The van der Waals surface area contributed by atoms with Crippen LogP contribution in [0.4, 0.5) is 0 Å². The lowest BCUT2D eigenvalue weighted by atomic mass is 9.96. The van der Waals surface area contributed by atoms with Crippen LogP contribution in [-0.4, -0.2) is 44.1 Å². The number of thiophene rings is 1. The van der Waals surface area contributed by atoms with Gasteiger partial charge in [-0.3, -0.25) is 14.7 Å². The number of nitrogens with one attached hydrogen (secondary N) is 2. The molecule has 0 radical (unpaired) electrons. The Hall–Kier alpha value is -2.74. The zero-order chi connectivity index (χ0) is 17.2. The average Bonchev–Trinajstić information content (AvgIpc) is 3.34. The molecule has 1 fully saturated rings. The summed E-state index contributed by atoms with van der Waals surface area (Å²) in [5.41, 5.74) is 1.01. The van der Waals surface area contributed by atoms with E-state index in [-0.39, 0.29) is 17.4 Å². The summed E-state index contributed by atoms with van der Waals surface area (Å²) in [7, 11) is 0. The number of likely N-dealkylation sites (tertiary alicyclic amines) is 1. The molecule has 7 nitrogen and oxygen atoms in total.